The first-order valence-electron chi connectivity index (χ1n) is 7.79. The molecule has 0 saturated heterocycles. The Morgan fingerprint density at radius 1 is 1.16 bits per heavy atom. The number of rotatable bonds is 5. The Morgan fingerprint density at radius 3 is 2.48 bits per heavy atom. The second kappa shape index (κ2) is 6.99. The van der Waals surface area contributed by atoms with E-state index in [0.717, 1.165) is 22.6 Å². The van der Waals surface area contributed by atoms with Crippen molar-refractivity contribution < 1.29 is 9.53 Å². The highest BCUT2D eigenvalue weighted by Crippen LogP contribution is 2.23. The number of carbonyl (C=O) groups is 1. The number of hydrogen-bond acceptors (Lipinski definition) is 3. The zero-order chi connectivity index (χ0) is 18.0. The minimum Gasteiger partial charge on any atom is -0.488 e. The molecule has 0 spiro atoms. The molecule has 25 heavy (non-hydrogen) atoms. The van der Waals surface area contributed by atoms with Crippen LogP contribution in [-0.4, -0.2) is 15.7 Å². The first-order valence-corrected chi connectivity index (χ1v) is 8.16. The van der Waals surface area contributed by atoms with Gasteiger partial charge in [0.2, 0.25) is 0 Å². The second-order valence-electron chi connectivity index (χ2n) is 5.80. The third-order valence-electron chi connectivity index (χ3n) is 3.79. The van der Waals surface area contributed by atoms with Crippen LogP contribution in [0, 0.1) is 13.8 Å². The summed E-state index contributed by atoms with van der Waals surface area (Å²) in [7, 11) is 0. The van der Waals surface area contributed by atoms with Crippen LogP contribution >= 0.6 is 11.6 Å². The highest BCUT2D eigenvalue weighted by Gasteiger charge is 2.10. The zero-order valence-electron chi connectivity index (χ0n) is 14.0. The molecule has 0 aliphatic heterocycles. The molecular formula is C19H18ClN3O2. The molecule has 1 heterocycles. The Kier molecular flexibility index (Phi) is 4.76. The van der Waals surface area contributed by atoms with Crippen LogP contribution in [0.2, 0.25) is 5.02 Å². The summed E-state index contributed by atoms with van der Waals surface area (Å²) in [4.78, 5) is 11.5. The largest absolute Gasteiger partial charge is 0.488 e. The van der Waals surface area contributed by atoms with Crippen molar-refractivity contribution in [3.8, 4) is 11.4 Å². The van der Waals surface area contributed by atoms with Gasteiger partial charge in [-0.15, -0.1) is 0 Å². The minimum absolute atomic E-state index is 0.270. The van der Waals surface area contributed by atoms with Gasteiger partial charge in [0, 0.05) is 10.7 Å². The van der Waals surface area contributed by atoms with Crippen molar-refractivity contribution in [3.63, 3.8) is 0 Å². The van der Waals surface area contributed by atoms with Crippen molar-refractivity contribution in [1.29, 1.82) is 0 Å². The van der Waals surface area contributed by atoms with Crippen LogP contribution in [0.4, 0.5) is 0 Å². The molecule has 1 amide bonds. The molecule has 2 N–H and O–H groups in total. The Labute approximate surface area is 151 Å². The molecule has 0 aliphatic rings. The fourth-order valence-electron chi connectivity index (χ4n) is 2.61. The van der Waals surface area contributed by atoms with E-state index in [1.54, 1.807) is 12.1 Å². The van der Waals surface area contributed by atoms with Gasteiger partial charge in [0.05, 0.1) is 16.9 Å². The molecule has 5 nitrogen and oxygen atoms in total. The first kappa shape index (κ1) is 17.0. The topological polar surface area (TPSA) is 70.1 Å². The van der Waals surface area contributed by atoms with Crippen LogP contribution in [0.25, 0.3) is 5.69 Å². The molecule has 0 bridgehead atoms. The lowest BCUT2D eigenvalue weighted by molar-refractivity contribution is 0.0996. The lowest BCUT2D eigenvalue weighted by Gasteiger charge is -2.11. The Bertz CT molecular complexity index is 917. The number of aryl methyl sites for hydroxylation is 2. The van der Waals surface area contributed by atoms with Gasteiger partial charge in [-0.2, -0.15) is 5.10 Å². The van der Waals surface area contributed by atoms with E-state index in [0.29, 0.717) is 17.4 Å². The summed E-state index contributed by atoms with van der Waals surface area (Å²) in [5, 5.41) is 4.90. The SMILES string of the molecule is Cc1cc(C)n(-c2ccc(COc3ccc(Cl)cc3C(N)=O)cc2)n1. The van der Waals surface area contributed by atoms with Gasteiger partial charge in [0.25, 0.3) is 5.91 Å². The molecule has 3 aromatic rings. The van der Waals surface area contributed by atoms with Crippen LogP contribution in [0.5, 0.6) is 5.75 Å². The van der Waals surface area contributed by atoms with E-state index in [1.807, 2.05) is 48.9 Å². The predicted octanol–water partition coefficient (Wildman–Crippen LogP) is 3.82. The normalized spacial score (nSPS) is 10.7. The van der Waals surface area contributed by atoms with Crippen molar-refractivity contribution in [2.75, 3.05) is 0 Å². The number of carbonyl (C=O) groups excluding carboxylic acids is 1. The maximum absolute atomic E-state index is 11.5. The second-order valence-corrected chi connectivity index (χ2v) is 6.24. The van der Waals surface area contributed by atoms with Gasteiger partial charge in [-0.3, -0.25) is 4.79 Å². The van der Waals surface area contributed by atoms with Crippen molar-refractivity contribution in [1.82, 2.24) is 9.78 Å². The molecule has 2 aromatic carbocycles. The van der Waals surface area contributed by atoms with E-state index >= 15 is 0 Å². The molecule has 0 unspecified atom stereocenters. The molecule has 1 aromatic heterocycles. The lowest BCUT2D eigenvalue weighted by atomic mass is 10.2. The van der Waals surface area contributed by atoms with Crippen LogP contribution in [0.15, 0.2) is 48.5 Å². The van der Waals surface area contributed by atoms with E-state index in [-0.39, 0.29) is 5.56 Å². The molecule has 0 saturated carbocycles. The van der Waals surface area contributed by atoms with Gasteiger partial charge in [0.15, 0.2) is 0 Å². The summed E-state index contributed by atoms with van der Waals surface area (Å²) in [5.74, 6) is -0.156. The number of primary amides is 1. The number of hydrogen-bond donors (Lipinski definition) is 1. The molecule has 6 heteroatoms. The standard InChI is InChI=1S/C19H18ClN3O2/c1-12-9-13(2)23(22-12)16-6-3-14(4-7-16)11-25-18-8-5-15(20)10-17(18)19(21)24/h3-10H,11H2,1-2H3,(H2,21,24). The fourth-order valence-corrected chi connectivity index (χ4v) is 2.78. The van der Waals surface area contributed by atoms with Gasteiger partial charge in [-0.25, -0.2) is 4.68 Å². The van der Waals surface area contributed by atoms with Gasteiger partial charge >= 0.3 is 0 Å². The van der Waals surface area contributed by atoms with E-state index in [1.165, 1.54) is 6.07 Å². The summed E-state index contributed by atoms with van der Waals surface area (Å²) in [6, 6.07) is 14.7. The summed E-state index contributed by atoms with van der Waals surface area (Å²) in [6.07, 6.45) is 0. The van der Waals surface area contributed by atoms with Crippen molar-refractivity contribution in [2.45, 2.75) is 20.5 Å². The van der Waals surface area contributed by atoms with Gasteiger partial charge in [-0.1, -0.05) is 23.7 Å². The third kappa shape index (κ3) is 3.83. The quantitative estimate of drug-likeness (QED) is 0.756. The Morgan fingerprint density at radius 2 is 1.88 bits per heavy atom. The predicted molar refractivity (Wildman–Crippen MR) is 97.3 cm³/mol. The van der Waals surface area contributed by atoms with Crippen molar-refractivity contribution in [2.24, 2.45) is 5.73 Å². The summed E-state index contributed by atoms with van der Waals surface area (Å²) in [6.45, 7) is 4.30. The molecule has 3 rings (SSSR count). The molecule has 128 valence electrons. The number of aromatic nitrogens is 2. The molecule has 0 fully saturated rings. The molecule has 0 aliphatic carbocycles. The molecular weight excluding hydrogens is 338 g/mol. The maximum atomic E-state index is 11.5. The number of ether oxygens (including phenoxy) is 1. The van der Waals surface area contributed by atoms with Crippen molar-refractivity contribution >= 4 is 17.5 Å². The van der Waals surface area contributed by atoms with E-state index in [9.17, 15) is 4.79 Å². The van der Waals surface area contributed by atoms with E-state index in [2.05, 4.69) is 5.10 Å². The summed E-state index contributed by atoms with van der Waals surface area (Å²) in [5.41, 5.74) is 9.64. The van der Waals surface area contributed by atoms with Gasteiger partial charge in [0.1, 0.15) is 12.4 Å². The van der Waals surface area contributed by atoms with Crippen LogP contribution < -0.4 is 10.5 Å². The average molecular weight is 356 g/mol. The number of benzene rings is 2. The third-order valence-corrected chi connectivity index (χ3v) is 4.03. The lowest BCUT2D eigenvalue weighted by Crippen LogP contribution is -2.13. The summed E-state index contributed by atoms with van der Waals surface area (Å²) >= 11 is 5.90. The van der Waals surface area contributed by atoms with Crippen LogP contribution in [0.3, 0.4) is 0 Å². The van der Waals surface area contributed by atoms with E-state index in [4.69, 9.17) is 22.1 Å². The fraction of sp³-hybridized carbons (Fsp3) is 0.158. The highest BCUT2D eigenvalue weighted by molar-refractivity contribution is 6.31. The molecule has 0 atom stereocenters. The average Bonchev–Trinajstić information content (AvgIpc) is 2.92. The Balaban J connectivity index is 1.75. The maximum Gasteiger partial charge on any atom is 0.252 e. The highest BCUT2D eigenvalue weighted by atomic mass is 35.5. The minimum atomic E-state index is -0.572. The number of amides is 1. The number of nitrogens with two attached hydrogens (primary N) is 1. The number of nitrogens with zero attached hydrogens (tertiary/aromatic N) is 2. The monoisotopic (exact) mass is 355 g/mol. The Hall–Kier alpha value is -2.79. The summed E-state index contributed by atoms with van der Waals surface area (Å²) < 4.78 is 7.62. The number of halogens is 1. The van der Waals surface area contributed by atoms with Crippen LogP contribution in [0.1, 0.15) is 27.3 Å². The van der Waals surface area contributed by atoms with E-state index < -0.39 is 5.91 Å². The first-order chi connectivity index (χ1) is 11.9. The van der Waals surface area contributed by atoms with Crippen LogP contribution in [-0.2, 0) is 6.61 Å². The van der Waals surface area contributed by atoms with Gasteiger partial charge in [-0.05, 0) is 55.8 Å². The van der Waals surface area contributed by atoms with Crippen molar-refractivity contribution in [3.05, 3.63) is 76.1 Å². The molecule has 0 radical (unpaired) electrons. The smallest absolute Gasteiger partial charge is 0.252 e. The van der Waals surface area contributed by atoms with Gasteiger partial charge < -0.3 is 10.5 Å². The zero-order valence-corrected chi connectivity index (χ0v) is 14.7.